The van der Waals surface area contributed by atoms with E-state index < -0.39 is 27.6 Å². The molecule has 0 aliphatic carbocycles. The van der Waals surface area contributed by atoms with Crippen LogP contribution in [0.15, 0.2) is 4.90 Å². The van der Waals surface area contributed by atoms with Crippen LogP contribution in [0, 0.1) is 26.2 Å². The second-order valence-electron chi connectivity index (χ2n) is 8.39. The van der Waals surface area contributed by atoms with Crippen molar-refractivity contribution < 1.29 is 23.1 Å². The summed E-state index contributed by atoms with van der Waals surface area (Å²) in [5.74, 6) is -0.623. The number of rotatable bonds is 7. The van der Waals surface area contributed by atoms with Gasteiger partial charge in [0.25, 0.3) is 10.0 Å². The van der Waals surface area contributed by atoms with Gasteiger partial charge in [0.15, 0.2) is 0 Å². The third-order valence-electron chi connectivity index (χ3n) is 5.53. The fraction of sp³-hybridized carbons (Fsp3) is 0.600. The molecule has 0 fully saturated rings. The minimum atomic E-state index is -3.98. The van der Waals surface area contributed by atoms with Crippen LogP contribution in [-0.4, -0.2) is 55.0 Å². The monoisotopic (exact) mass is 440 g/mol. The van der Waals surface area contributed by atoms with Crippen LogP contribution in [0.5, 0.6) is 5.75 Å². The van der Waals surface area contributed by atoms with Gasteiger partial charge in [-0.2, -0.15) is 0 Å². The Labute approximate surface area is 178 Å². The van der Waals surface area contributed by atoms with Crippen LogP contribution in [0.3, 0.4) is 0 Å². The molecule has 0 unspecified atom stereocenters. The van der Waals surface area contributed by atoms with Gasteiger partial charge in [0, 0.05) is 25.6 Å². The molecule has 1 atom stereocenters. The second kappa shape index (κ2) is 8.43. The number of hydrogen-bond acceptors (Lipinski definition) is 6. The van der Waals surface area contributed by atoms with Crippen LogP contribution >= 0.6 is 0 Å². The van der Waals surface area contributed by atoms with Crippen molar-refractivity contribution in [3.8, 4) is 5.75 Å². The van der Waals surface area contributed by atoms with E-state index in [2.05, 4.69) is 5.32 Å². The summed E-state index contributed by atoms with van der Waals surface area (Å²) in [6.45, 7) is 9.56. The van der Waals surface area contributed by atoms with E-state index in [1.165, 1.54) is 7.05 Å². The number of guanidine groups is 1. The maximum atomic E-state index is 13.4. The molecule has 0 aromatic heterocycles. The van der Waals surface area contributed by atoms with E-state index in [-0.39, 0.29) is 23.8 Å². The lowest BCUT2D eigenvalue weighted by atomic mass is 9.94. The summed E-state index contributed by atoms with van der Waals surface area (Å²) in [5, 5.41) is 19.7. The fourth-order valence-corrected chi connectivity index (χ4v) is 5.28. The molecule has 30 heavy (non-hydrogen) atoms. The lowest BCUT2D eigenvalue weighted by Gasteiger charge is -2.25. The van der Waals surface area contributed by atoms with Crippen molar-refractivity contribution in [1.29, 1.82) is 5.41 Å². The molecule has 0 amide bonds. The number of carbonyl (C=O) groups is 1. The normalized spacial score (nSPS) is 15.8. The number of nitrogens with two attached hydrogens (primary N) is 1. The van der Waals surface area contributed by atoms with Gasteiger partial charge in [-0.3, -0.25) is 10.2 Å². The number of sulfonamides is 1. The van der Waals surface area contributed by atoms with Crippen molar-refractivity contribution in [3.63, 3.8) is 0 Å². The Kier molecular flexibility index (Phi) is 6.72. The molecule has 1 aliphatic heterocycles. The number of hydrogen-bond donors (Lipinski definition) is 4. The Morgan fingerprint density at radius 2 is 1.90 bits per heavy atom. The highest BCUT2D eigenvalue weighted by molar-refractivity contribution is 7.89. The number of nitrogens with zero attached hydrogens (tertiary/aromatic N) is 1. The molecule has 5 N–H and O–H groups in total. The quantitative estimate of drug-likeness (QED) is 0.286. The van der Waals surface area contributed by atoms with Crippen molar-refractivity contribution >= 4 is 22.0 Å². The van der Waals surface area contributed by atoms with Gasteiger partial charge in [-0.15, -0.1) is 0 Å². The smallest absolute Gasteiger partial charge is 0.320 e. The van der Waals surface area contributed by atoms with E-state index in [0.29, 0.717) is 24.0 Å². The molecule has 2 rings (SSSR count). The fourth-order valence-electron chi connectivity index (χ4n) is 3.65. The predicted octanol–water partition coefficient (Wildman–Crippen LogP) is 1.66. The van der Waals surface area contributed by atoms with E-state index in [1.54, 1.807) is 13.8 Å². The maximum absolute atomic E-state index is 13.4. The first-order valence-corrected chi connectivity index (χ1v) is 11.3. The Hall–Kier alpha value is -2.33. The number of nitrogens with one attached hydrogen (secondary N) is 2. The number of benzene rings is 1. The highest BCUT2D eigenvalue weighted by Crippen LogP contribution is 2.44. The first-order chi connectivity index (χ1) is 13.7. The maximum Gasteiger partial charge on any atom is 0.320 e. The van der Waals surface area contributed by atoms with Gasteiger partial charge >= 0.3 is 5.97 Å². The summed E-state index contributed by atoms with van der Waals surface area (Å²) in [6.07, 6.45) is 1.23. The van der Waals surface area contributed by atoms with Crippen LogP contribution in [0.4, 0.5) is 0 Å². The molecular formula is C20H32N4O5S. The molecule has 1 aromatic rings. The number of ether oxygens (including phenoxy) is 1. The van der Waals surface area contributed by atoms with Crippen molar-refractivity contribution in [1.82, 2.24) is 9.62 Å². The number of fused-ring (bicyclic) bond motifs is 1. The van der Waals surface area contributed by atoms with Crippen molar-refractivity contribution in [2.24, 2.45) is 5.73 Å². The topological polar surface area (TPSA) is 146 Å². The molecule has 0 saturated carbocycles. The molecule has 1 heterocycles. The molecule has 0 saturated heterocycles. The summed E-state index contributed by atoms with van der Waals surface area (Å²) < 4.78 is 33.7. The minimum Gasteiger partial charge on any atom is -0.487 e. The minimum absolute atomic E-state index is 0.196. The van der Waals surface area contributed by atoms with Gasteiger partial charge in [0.1, 0.15) is 17.4 Å². The summed E-state index contributed by atoms with van der Waals surface area (Å²) in [4.78, 5) is 10.9. The van der Waals surface area contributed by atoms with Crippen molar-refractivity contribution in [3.05, 3.63) is 22.3 Å². The largest absolute Gasteiger partial charge is 0.487 e. The van der Waals surface area contributed by atoms with E-state index in [9.17, 15) is 13.2 Å². The first-order valence-electron chi connectivity index (χ1n) is 9.82. The lowest BCUT2D eigenvalue weighted by Crippen LogP contribution is -2.43. The molecule has 1 aliphatic rings. The standard InChI is InChI=1S/C20H32N4O5S/c1-11-12(2)17(13(3)14-10-20(4,5)29-16(11)14)30(27,28)24(6)19(22)23-9-7-8-15(21)18(25)26/h15H,7-10,21H2,1-6H3,(H2,22,23)(H,25,26)/t15-/m0/s1. The summed E-state index contributed by atoms with van der Waals surface area (Å²) in [6, 6.07) is -0.978. The summed E-state index contributed by atoms with van der Waals surface area (Å²) in [5.41, 5.74) is 7.98. The highest BCUT2D eigenvalue weighted by Gasteiger charge is 2.37. The van der Waals surface area contributed by atoms with Crippen LogP contribution < -0.4 is 15.8 Å². The molecule has 168 valence electrons. The Bertz CT molecular complexity index is 972. The van der Waals surface area contributed by atoms with Gasteiger partial charge < -0.3 is 20.9 Å². The van der Waals surface area contributed by atoms with Crippen molar-refractivity contribution in [2.75, 3.05) is 13.6 Å². The first kappa shape index (κ1) is 23.9. The van der Waals surface area contributed by atoms with Gasteiger partial charge in [-0.25, -0.2) is 12.7 Å². The zero-order valence-corrected chi connectivity index (χ0v) is 19.2. The third-order valence-corrected chi connectivity index (χ3v) is 7.56. The van der Waals surface area contributed by atoms with E-state index in [0.717, 1.165) is 21.2 Å². The molecule has 9 nitrogen and oxygen atoms in total. The van der Waals surface area contributed by atoms with Gasteiger partial charge in [0.05, 0.1) is 4.90 Å². The third kappa shape index (κ3) is 4.54. The summed E-state index contributed by atoms with van der Waals surface area (Å²) in [7, 11) is -2.65. The average Bonchev–Trinajstić information content (AvgIpc) is 2.98. The Morgan fingerprint density at radius 3 is 2.47 bits per heavy atom. The molecule has 0 spiro atoms. The SMILES string of the molecule is Cc1c(C)c(S(=O)(=O)N(C)C(=N)NCCC[C@H](N)C(=O)O)c(C)c2c1OC(C)(C)C2. The van der Waals surface area contributed by atoms with Crippen LogP contribution in [-0.2, 0) is 21.2 Å². The van der Waals surface area contributed by atoms with Gasteiger partial charge in [-0.1, -0.05) is 0 Å². The van der Waals surface area contributed by atoms with Gasteiger partial charge in [-0.05, 0) is 64.2 Å². The Morgan fingerprint density at radius 1 is 1.30 bits per heavy atom. The average molecular weight is 441 g/mol. The van der Waals surface area contributed by atoms with E-state index >= 15 is 0 Å². The number of carboxylic acids is 1. The molecule has 0 bridgehead atoms. The highest BCUT2D eigenvalue weighted by atomic mass is 32.2. The summed E-state index contributed by atoms with van der Waals surface area (Å²) >= 11 is 0. The van der Waals surface area contributed by atoms with Crippen molar-refractivity contribution in [2.45, 2.75) is 70.4 Å². The molecule has 1 aromatic carbocycles. The number of aliphatic carboxylic acids is 1. The Balaban J connectivity index is 2.24. The van der Waals surface area contributed by atoms with Gasteiger partial charge in [0.2, 0.25) is 5.96 Å². The van der Waals surface area contributed by atoms with Crippen LogP contribution in [0.2, 0.25) is 0 Å². The van der Waals surface area contributed by atoms with Crippen LogP contribution in [0.25, 0.3) is 0 Å². The number of carboxylic acid groups (broad SMARTS) is 1. The zero-order valence-electron chi connectivity index (χ0n) is 18.4. The molecular weight excluding hydrogens is 408 g/mol. The van der Waals surface area contributed by atoms with E-state index in [4.69, 9.17) is 21.0 Å². The van der Waals surface area contributed by atoms with Crippen LogP contribution in [0.1, 0.15) is 48.9 Å². The molecule has 0 radical (unpaired) electrons. The second-order valence-corrected chi connectivity index (χ2v) is 10.3. The zero-order chi connectivity index (χ0) is 23.0. The predicted molar refractivity (Wildman–Crippen MR) is 115 cm³/mol. The van der Waals surface area contributed by atoms with E-state index in [1.807, 2.05) is 20.8 Å². The lowest BCUT2D eigenvalue weighted by molar-refractivity contribution is -0.138. The molecule has 10 heteroatoms.